The predicted octanol–water partition coefficient (Wildman–Crippen LogP) is 2.81. The molecule has 2 aromatic rings. The first kappa shape index (κ1) is 13.3. The summed E-state index contributed by atoms with van der Waals surface area (Å²) in [5.74, 6) is 0.438. The van der Waals surface area contributed by atoms with E-state index in [2.05, 4.69) is 4.98 Å². The number of hydrogen-bond acceptors (Lipinski definition) is 4. The van der Waals surface area contributed by atoms with E-state index in [1.165, 1.54) is 7.11 Å². The van der Waals surface area contributed by atoms with Gasteiger partial charge in [-0.05, 0) is 38.1 Å². The van der Waals surface area contributed by atoms with Gasteiger partial charge in [-0.25, -0.2) is 0 Å². The van der Waals surface area contributed by atoms with Crippen molar-refractivity contribution in [2.45, 2.75) is 13.8 Å². The number of rotatable bonds is 4. The van der Waals surface area contributed by atoms with Gasteiger partial charge < -0.3 is 9.47 Å². The topological polar surface area (TPSA) is 48.4 Å². The van der Waals surface area contributed by atoms with Crippen molar-refractivity contribution in [3.63, 3.8) is 0 Å². The lowest BCUT2D eigenvalue weighted by Crippen LogP contribution is -2.32. The summed E-state index contributed by atoms with van der Waals surface area (Å²) in [4.78, 5) is 15.9. The van der Waals surface area contributed by atoms with Crippen LogP contribution in [-0.2, 0) is 9.53 Å². The van der Waals surface area contributed by atoms with Gasteiger partial charge in [0.25, 0.3) is 0 Å². The molecule has 19 heavy (non-hydrogen) atoms. The van der Waals surface area contributed by atoms with E-state index in [1.807, 2.05) is 30.3 Å². The molecule has 0 unspecified atom stereocenters. The average Bonchev–Trinajstić information content (AvgIpc) is 2.44. The molecule has 0 aliphatic heterocycles. The van der Waals surface area contributed by atoms with E-state index in [9.17, 15) is 4.79 Å². The summed E-state index contributed by atoms with van der Waals surface area (Å²) in [6.07, 6.45) is 1.74. The van der Waals surface area contributed by atoms with Crippen molar-refractivity contribution in [2.75, 3.05) is 13.7 Å². The van der Waals surface area contributed by atoms with Gasteiger partial charge in [0.05, 0.1) is 18.0 Å². The Bertz CT molecular complexity index is 587. The second-order valence-electron chi connectivity index (χ2n) is 4.99. The van der Waals surface area contributed by atoms with Gasteiger partial charge in [0.1, 0.15) is 12.4 Å². The SMILES string of the molecule is COC(=O)C(C)(C)COc1cccc2ncccc12. The number of fused-ring (bicyclic) bond motifs is 1. The Morgan fingerprint density at radius 1 is 1.26 bits per heavy atom. The molecule has 0 radical (unpaired) electrons. The molecule has 1 aromatic carbocycles. The van der Waals surface area contributed by atoms with E-state index in [0.717, 1.165) is 16.7 Å². The third-order valence-corrected chi connectivity index (χ3v) is 2.93. The Kier molecular flexibility index (Phi) is 3.69. The molecule has 0 N–H and O–H groups in total. The molecule has 4 nitrogen and oxygen atoms in total. The average molecular weight is 259 g/mol. The second kappa shape index (κ2) is 5.26. The fourth-order valence-electron chi connectivity index (χ4n) is 1.79. The number of pyridine rings is 1. The van der Waals surface area contributed by atoms with Crippen LogP contribution < -0.4 is 4.74 Å². The standard InChI is InChI=1S/C15H17NO3/c1-15(2,14(17)18-3)10-19-13-8-4-7-12-11(13)6-5-9-16-12/h4-9H,10H2,1-3H3. The summed E-state index contributed by atoms with van der Waals surface area (Å²) >= 11 is 0. The number of carbonyl (C=O) groups excluding carboxylic acids is 1. The minimum absolute atomic E-state index is 0.258. The molecule has 100 valence electrons. The zero-order valence-corrected chi connectivity index (χ0v) is 11.3. The highest BCUT2D eigenvalue weighted by atomic mass is 16.5. The van der Waals surface area contributed by atoms with Crippen LogP contribution in [0.4, 0.5) is 0 Å². The quantitative estimate of drug-likeness (QED) is 0.792. The van der Waals surface area contributed by atoms with E-state index < -0.39 is 5.41 Å². The van der Waals surface area contributed by atoms with Gasteiger partial charge in [-0.3, -0.25) is 9.78 Å². The van der Waals surface area contributed by atoms with E-state index >= 15 is 0 Å². The van der Waals surface area contributed by atoms with Crippen molar-refractivity contribution in [3.8, 4) is 5.75 Å². The van der Waals surface area contributed by atoms with Gasteiger partial charge in [-0.15, -0.1) is 0 Å². The van der Waals surface area contributed by atoms with Crippen LogP contribution in [0.2, 0.25) is 0 Å². The number of esters is 1. The summed E-state index contributed by atoms with van der Waals surface area (Å²) in [6, 6.07) is 9.49. The first-order chi connectivity index (χ1) is 9.04. The molecule has 0 spiro atoms. The normalized spacial score (nSPS) is 11.3. The number of aromatic nitrogens is 1. The molecule has 1 heterocycles. The minimum atomic E-state index is -0.681. The van der Waals surface area contributed by atoms with Crippen molar-refractivity contribution in [1.29, 1.82) is 0 Å². The van der Waals surface area contributed by atoms with Crippen LogP contribution in [0.15, 0.2) is 36.5 Å². The summed E-state index contributed by atoms with van der Waals surface area (Å²) in [5, 5.41) is 0.936. The zero-order chi connectivity index (χ0) is 13.9. The van der Waals surface area contributed by atoms with Gasteiger partial charge in [0.2, 0.25) is 0 Å². The molecule has 0 saturated carbocycles. The van der Waals surface area contributed by atoms with Gasteiger partial charge >= 0.3 is 5.97 Å². The number of hydrogen-bond donors (Lipinski definition) is 0. The molecule has 4 heteroatoms. The lowest BCUT2D eigenvalue weighted by Gasteiger charge is -2.22. The van der Waals surface area contributed by atoms with Gasteiger partial charge in [-0.1, -0.05) is 6.07 Å². The Labute approximate surface area is 112 Å². The summed E-state index contributed by atoms with van der Waals surface area (Å²) in [5.41, 5.74) is 0.190. The summed E-state index contributed by atoms with van der Waals surface area (Å²) in [7, 11) is 1.38. The Balaban J connectivity index is 2.21. The van der Waals surface area contributed by atoms with Crippen molar-refractivity contribution >= 4 is 16.9 Å². The zero-order valence-electron chi connectivity index (χ0n) is 11.3. The molecule has 0 atom stereocenters. The number of carbonyl (C=O) groups is 1. The molecule has 0 fully saturated rings. The Morgan fingerprint density at radius 3 is 2.79 bits per heavy atom. The Hall–Kier alpha value is -2.10. The van der Waals surface area contributed by atoms with Crippen LogP contribution in [-0.4, -0.2) is 24.7 Å². The molecule has 0 aliphatic rings. The van der Waals surface area contributed by atoms with Crippen molar-refractivity contribution < 1.29 is 14.3 Å². The lowest BCUT2D eigenvalue weighted by atomic mass is 9.95. The molecular formula is C15H17NO3. The van der Waals surface area contributed by atoms with E-state index in [1.54, 1.807) is 20.0 Å². The van der Waals surface area contributed by atoms with E-state index in [-0.39, 0.29) is 12.6 Å². The smallest absolute Gasteiger partial charge is 0.314 e. The predicted molar refractivity (Wildman–Crippen MR) is 73.0 cm³/mol. The van der Waals surface area contributed by atoms with Crippen molar-refractivity contribution in [3.05, 3.63) is 36.5 Å². The number of ether oxygens (including phenoxy) is 2. The van der Waals surface area contributed by atoms with Crippen LogP contribution in [0, 0.1) is 5.41 Å². The third-order valence-electron chi connectivity index (χ3n) is 2.93. The number of benzene rings is 1. The number of nitrogens with zero attached hydrogens (tertiary/aromatic N) is 1. The van der Waals surface area contributed by atoms with Crippen molar-refractivity contribution in [1.82, 2.24) is 4.98 Å². The fraction of sp³-hybridized carbons (Fsp3) is 0.333. The summed E-state index contributed by atoms with van der Waals surface area (Å²) in [6.45, 7) is 3.85. The molecular weight excluding hydrogens is 242 g/mol. The lowest BCUT2D eigenvalue weighted by molar-refractivity contribution is -0.152. The van der Waals surface area contributed by atoms with Crippen LogP contribution in [0.25, 0.3) is 10.9 Å². The van der Waals surface area contributed by atoms with Crippen LogP contribution in [0.1, 0.15) is 13.8 Å². The monoisotopic (exact) mass is 259 g/mol. The first-order valence-corrected chi connectivity index (χ1v) is 6.09. The maximum Gasteiger partial charge on any atom is 0.314 e. The molecule has 0 saturated heterocycles. The van der Waals surface area contributed by atoms with Gasteiger partial charge in [-0.2, -0.15) is 0 Å². The third kappa shape index (κ3) is 2.84. The Morgan fingerprint density at radius 2 is 2.05 bits per heavy atom. The second-order valence-corrected chi connectivity index (χ2v) is 4.99. The molecule has 0 amide bonds. The van der Waals surface area contributed by atoms with Gasteiger partial charge in [0.15, 0.2) is 0 Å². The molecule has 1 aromatic heterocycles. The fourth-order valence-corrected chi connectivity index (χ4v) is 1.79. The van der Waals surface area contributed by atoms with Crippen LogP contribution in [0.5, 0.6) is 5.75 Å². The van der Waals surface area contributed by atoms with Crippen LogP contribution in [0.3, 0.4) is 0 Å². The molecule has 2 rings (SSSR count). The maximum absolute atomic E-state index is 11.6. The molecule has 0 bridgehead atoms. The molecule has 0 aliphatic carbocycles. The highest BCUT2D eigenvalue weighted by Gasteiger charge is 2.29. The van der Waals surface area contributed by atoms with E-state index in [0.29, 0.717) is 0 Å². The minimum Gasteiger partial charge on any atom is -0.492 e. The maximum atomic E-state index is 11.6. The number of methoxy groups -OCH3 is 1. The largest absolute Gasteiger partial charge is 0.492 e. The summed E-state index contributed by atoms with van der Waals surface area (Å²) < 4.78 is 10.5. The highest BCUT2D eigenvalue weighted by molar-refractivity contribution is 5.84. The van der Waals surface area contributed by atoms with Crippen molar-refractivity contribution in [2.24, 2.45) is 5.41 Å². The first-order valence-electron chi connectivity index (χ1n) is 6.09. The highest BCUT2D eigenvalue weighted by Crippen LogP contribution is 2.26. The van der Waals surface area contributed by atoms with E-state index in [4.69, 9.17) is 9.47 Å². The van der Waals surface area contributed by atoms with Crippen LogP contribution >= 0.6 is 0 Å². The van der Waals surface area contributed by atoms with Gasteiger partial charge in [0, 0.05) is 11.6 Å².